The maximum Gasteiger partial charge on any atom is 0.256 e. The van der Waals surface area contributed by atoms with Crippen molar-refractivity contribution in [3.8, 4) is 0 Å². The van der Waals surface area contributed by atoms with Crippen LogP contribution in [0.5, 0.6) is 0 Å². The molecule has 1 fully saturated rings. The maximum absolute atomic E-state index is 12.9. The molecule has 21 heavy (non-hydrogen) atoms. The summed E-state index contributed by atoms with van der Waals surface area (Å²) in [5, 5.41) is 0. The van der Waals surface area contributed by atoms with Crippen molar-refractivity contribution in [2.75, 3.05) is 6.54 Å². The van der Waals surface area contributed by atoms with Gasteiger partial charge in [-0.2, -0.15) is 0 Å². The lowest BCUT2D eigenvalue weighted by Crippen LogP contribution is -2.31. The van der Waals surface area contributed by atoms with Crippen molar-refractivity contribution >= 4 is 5.91 Å². The minimum Gasteiger partial charge on any atom is -0.351 e. The Bertz CT molecular complexity index is 660. The van der Waals surface area contributed by atoms with Gasteiger partial charge in [0, 0.05) is 31.2 Å². The van der Waals surface area contributed by atoms with E-state index in [1.54, 1.807) is 6.20 Å². The fourth-order valence-corrected chi connectivity index (χ4v) is 3.12. The lowest BCUT2D eigenvalue weighted by atomic mass is 10.1. The van der Waals surface area contributed by atoms with Gasteiger partial charge in [0.25, 0.3) is 5.91 Å². The molecule has 3 rings (SSSR count). The predicted octanol–water partition coefficient (Wildman–Crippen LogP) is 3.01. The van der Waals surface area contributed by atoms with E-state index in [-0.39, 0.29) is 11.9 Å². The Morgan fingerprint density at radius 3 is 2.76 bits per heavy atom. The van der Waals surface area contributed by atoms with Crippen LogP contribution < -0.4 is 0 Å². The molecule has 0 N–H and O–H groups in total. The number of nitrogens with zero attached hydrogens (tertiary/aromatic N) is 3. The van der Waals surface area contributed by atoms with Crippen LogP contribution in [0, 0.1) is 13.8 Å². The van der Waals surface area contributed by atoms with E-state index in [0.29, 0.717) is 0 Å². The van der Waals surface area contributed by atoms with E-state index in [0.717, 1.165) is 42.0 Å². The van der Waals surface area contributed by atoms with Crippen LogP contribution in [-0.4, -0.2) is 26.9 Å². The Labute approximate surface area is 125 Å². The molecule has 1 aliphatic heterocycles. The number of rotatable bonds is 2. The molecule has 110 valence electrons. The van der Waals surface area contributed by atoms with Crippen molar-refractivity contribution in [1.29, 1.82) is 0 Å². The van der Waals surface area contributed by atoms with Crippen LogP contribution in [0.25, 0.3) is 0 Å². The topological polar surface area (TPSA) is 38.1 Å². The van der Waals surface area contributed by atoms with Gasteiger partial charge in [0.1, 0.15) is 0 Å². The second-order valence-corrected chi connectivity index (χ2v) is 5.75. The summed E-state index contributed by atoms with van der Waals surface area (Å²) >= 11 is 0. The fourth-order valence-electron chi connectivity index (χ4n) is 3.12. The number of hydrogen-bond acceptors (Lipinski definition) is 2. The zero-order valence-corrected chi connectivity index (χ0v) is 12.8. The predicted molar refractivity (Wildman–Crippen MR) is 82.1 cm³/mol. The normalized spacial score (nSPS) is 18.2. The second kappa shape index (κ2) is 5.35. The molecular formula is C17H21N3O. The van der Waals surface area contributed by atoms with Crippen molar-refractivity contribution < 1.29 is 4.79 Å². The number of aryl methyl sites for hydroxylation is 1. The molecule has 1 aliphatic rings. The van der Waals surface area contributed by atoms with Gasteiger partial charge in [0.2, 0.25) is 0 Å². The highest BCUT2D eigenvalue weighted by Crippen LogP contribution is 2.32. The van der Waals surface area contributed by atoms with E-state index in [1.807, 2.05) is 50.1 Å². The van der Waals surface area contributed by atoms with E-state index in [1.165, 1.54) is 0 Å². The van der Waals surface area contributed by atoms with Crippen LogP contribution in [0.15, 0.2) is 30.5 Å². The summed E-state index contributed by atoms with van der Waals surface area (Å²) in [6.45, 7) is 4.85. The largest absolute Gasteiger partial charge is 0.351 e. The maximum atomic E-state index is 12.9. The summed E-state index contributed by atoms with van der Waals surface area (Å²) in [7, 11) is 2.00. The molecule has 0 spiro atoms. The second-order valence-electron chi connectivity index (χ2n) is 5.75. The Balaban J connectivity index is 1.92. The summed E-state index contributed by atoms with van der Waals surface area (Å²) in [5.74, 6) is 0.129. The van der Waals surface area contributed by atoms with Crippen LogP contribution in [0.1, 0.15) is 46.3 Å². The van der Waals surface area contributed by atoms with E-state index in [2.05, 4.69) is 9.55 Å². The molecule has 4 nitrogen and oxygen atoms in total. The van der Waals surface area contributed by atoms with Crippen LogP contribution in [-0.2, 0) is 7.05 Å². The third-order valence-electron chi connectivity index (χ3n) is 4.55. The Hall–Kier alpha value is -2.10. The lowest BCUT2D eigenvalue weighted by molar-refractivity contribution is 0.0732. The van der Waals surface area contributed by atoms with Crippen LogP contribution in [0.2, 0.25) is 0 Å². The quantitative estimate of drug-likeness (QED) is 0.849. The van der Waals surface area contributed by atoms with Crippen molar-refractivity contribution in [2.45, 2.75) is 32.7 Å². The number of hydrogen-bond donors (Lipinski definition) is 0. The number of pyridine rings is 1. The molecular weight excluding hydrogens is 262 g/mol. The van der Waals surface area contributed by atoms with Gasteiger partial charge in [0.05, 0.1) is 17.3 Å². The minimum absolute atomic E-state index is 0.110. The molecule has 1 amide bonds. The molecule has 4 heteroatoms. The number of carbonyl (C=O) groups is 1. The number of amides is 1. The molecule has 2 aromatic heterocycles. The Morgan fingerprint density at radius 2 is 2.14 bits per heavy atom. The number of carbonyl (C=O) groups excluding carboxylic acids is 1. The highest BCUT2D eigenvalue weighted by Gasteiger charge is 2.32. The lowest BCUT2D eigenvalue weighted by Gasteiger charge is -2.24. The average molecular weight is 283 g/mol. The third-order valence-corrected chi connectivity index (χ3v) is 4.55. The van der Waals surface area contributed by atoms with Crippen molar-refractivity contribution in [3.63, 3.8) is 0 Å². The summed E-state index contributed by atoms with van der Waals surface area (Å²) in [4.78, 5) is 19.3. The standard InChI is InChI=1S/C17H21N3O/c1-12-11-14(13(2)19(12)3)17(21)20-10-6-8-16(20)15-7-4-5-9-18-15/h4-5,7,9,11,16H,6,8,10H2,1-3H3/t16-/m1/s1. The zero-order valence-electron chi connectivity index (χ0n) is 12.8. The smallest absolute Gasteiger partial charge is 0.256 e. The van der Waals surface area contributed by atoms with Crippen LogP contribution in [0.3, 0.4) is 0 Å². The fraction of sp³-hybridized carbons (Fsp3) is 0.412. The molecule has 0 aliphatic carbocycles. The molecule has 0 aromatic carbocycles. The Kier molecular flexibility index (Phi) is 3.53. The van der Waals surface area contributed by atoms with Gasteiger partial charge in [-0.15, -0.1) is 0 Å². The summed E-state index contributed by atoms with van der Waals surface area (Å²) in [6, 6.07) is 8.01. The SMILES string of the molecule is Cc1cc(C(=O)N2CCC[C@@H]2c2ccccn2)c(C)n1C. The van der Waals surface area contributed by atoms with Gasteiger partial charge >= 0.3 is 0 Å². The number of aromatic nitrogens is 2. The van der Waals surface area contributed by atoms with Crippen LogP contribution in [0.4, 0.5) is 0 Å². The van der Waals surface area contributed by atoms with Gasteiger partial charge in [-0.25, -0.2) is 0 Å². The third kappa shape index (κ3) is 2.35. The summed E-state index contributed by atoms with van der Waals surface area (Å²) in [6.07, 6.45) is 3.83. The first-order valence-electron chi connectivity index (χ1n) is 7.44. The van der Waals surface area contributed by atoms with Crippen LogP contribution >= 0.6 is 0 Å². The first kappa shape index (κ1) is 13.9. The minimum atomic E-state index is 0.110. The van der Waals surface area contributed by atoms with Crippen molar-refractivity contribution in [3.05, 3.63) is 53.1 Å². The Morgan fingerprint density at radius 1 is 1.33 bits per heavy atom. The number of likely N-dealkylation sites (tertiary alicyclic amines) is 1. The zero-order chi connectivity index (χ0) is 15.0. The van der Waals surface area contributed by atoms with Gasteiger partial charge in [-0.1, -0.05) is 6.07 Å². The first-order valence-corrected chi connectivity index (χ1v) is 7.44. The molecule has 3 heterocycles. The van der Waals surface area contributed by atoms with Crippen molar-refractivity contribution in [1.82, 2.24) is 14.5 Å². The molecule has 0 saturated carbocycles. The molecule has 0 unspecified atom stereocenters. The monoisotopic (exact) mass is 283 g/mol. The molecule has 2 aromatic rings. The van der Waals surface area contributed by atoms with Gasteiger partial charge in [0.15, 0.2) is 0 Å². The molecule has 1 atom stereocenters. The summed E-state index contributed by atoms with van der Waals surface area (Å²) in [5.41, 5.74) is 3.96. The molecule has 1 saturated heterocycles. The average Bonchev–Trinajstić information content (AvgIpc) is 3.09. The highest BCUT2D eigenvalue weighted by molar-refractivity contribution is 5.96. The summed E-state index contributed by atoms with van der Waals surface area (Å²) < 4.78 is 2.07. The highest BCUT2D eigenvalue weighted by atomic mass is 16.2. The molecule has 0 radical (unpaired) electrons. The molecule has 0 bridgehead atoms. The first-order chi connectivity index (χ1) is 10.1. The van der Waals surface area contributed by atoms with Gasteiger partial charge in [-0.3, -0.25) is 9.78 Å². The van der Waals surface area contributed by atoms with E-state index >= 15 is 0 Å². The van der Waals surface area contributed by atoms with E-state index in [9.17, 15) is 4.79 Å². The van der Waals surface area contributed by atoms with Gasteiger partial charge in [-0.05, 0) is 44.9 Å². The van der Waals surface area contributed by atoms with E-state index in [4.69, 9.17) is 0 Å². The van der Waals surface area contributed by atoms with Gasteiger partial charge < -0.3 is 9.47 Å². The van der Waals surface area contributed by atoms with Crippen molar-refractivity contribution in [2.24, 2.45) is 7.05 Å². The van der Waals surface area contributed by atoms with E-state index < -0.39 is 0 Å².